The van der Waals surface area contributed by atoms with Crippen molar-refractivity contribution in [3.05, 3.63) is 0 Å². The lowest BCUT2D eigenvalue weighted by Crippen LogP contribution is -2.54. The van der Waals surface area contributed by atoms with Crippen molar-refractivity contribution < 1.29 is 24.6 Å². The fourth-order valence-corrected chi connectivity index (χ4v) is 3.50. The summed E-state index contributed by atoms with van der Waals surface area (Å²) in [6, 6.07) is -2.48. The van der Waals surface area contributed by atoms with Crippen molar-refractivity contribution in [2.45, 2.75) is 57.0 Å². The van der Waals surface area contributed by atoms with Gasteiger partial charge in [0, 0.05) is 6.54 Å². The molecule has 1 amide bonds. The van der Waals surface area contributed by atoms with Crippen LogP contribution >= 0.6 is 0 Å². The zero-order valence-electron chi connectivity index (χ0n) is 14.7. The summed E-state index contributed by atoms with van der Waals surface area (Å²) in [4.78, 5) is 34.6. The zero-order valence-corrected chi connectivity index (χ0v) is 14.7. The maximum Gasteiger partial charge on any atom is 0.326 e. The molecule has 0 bridgehead atoms. The molecule has 9 N–H and O–H groups in total. The van der Waals surface area contributed by atoms with E-state index in [-0.39, 0.29) is 17.8 Å². The second-order valence-electron chi connectivity index (χ2n) is 6.72. The van der Waals surface area contributed by atoms with Crippen LogP contribution in [0.25, 0.3) is 0 Å². The number of carboxylic acids is 2. The molecule has 1 saturated carbocycles. The van der Waals surface area contributed by atoms with Gasteiger partial charge in [-0.1, -0.05) is 32.1 Å². The average Bonchev–Trinajstić information content (AvgIpc) is 2.56. The van der Waals surface area contributed by atoms with Crippen molar-refractivity contribution in [3.8, 4) is 0 Å². The standard InChI is InChI=1S/C16H29N5O5/c17-11(8-12(22)23)14(24)21-13(15(25)26)10(6-7-20-16(18)19)9-4-2-1-3-5-9/h9-11,13H,1-8,17H2,(H,21,24)(H,22,23)(H,25,26)(H4,18,19,20)/t10?,11-,13-/m0/s1. The number of amides is 1. The summed E-state index contributed by atoms with van der Waals surface area (Å²) in [5.41, 5.74) is 10.8. The van der Waals surface area contributed by atoms with Crippen LogP contribution in [0.2, 0.25) is 0 Å². The fourth-order valence-electron chi connectivity index (χ4n) is 3.50. The predicted molar refractivity (Wildman–Crippen MR) is 94.4 cm³/mol. The lowest BCUT2D eigenvalue weighted by atomic mass is 9.75. The predicted octanol–water partition coefficient (Wildman–Crippen LogP) is -0.573. The van der Waals surface area contributed by atoms with Gasteiger partial charge in [0.2, 0.25) is 5.91 Å². The Morgan fingerprint density at radius 3 is 2.27 bits per heavy atom. The van der Waals surface area contributed by atoms with Crippen LogP contribution in [-0.4, -0.2) is 52.6 Å². The third kappa shape index (κ3) is 7.26. The summed E-state index contributed by atoms with van der Waals surface area (Å²) in [7, 11) is 0. The largest absolute Gasteiger partial charge is 0.481 e. The summed E-state index contributed by atoms with van der Waals surface area (Å²) in [6.45, 7) is 0.317. The number of hydrogen-bond donors (Lipinski definition) is 7. The van der Waals surface area contributed by atoms with E-state index in [2.05, 4.69) is 10.6 Å². The number of nitrogens with two attached hydrogens (primary N) is 2. The number of hydrogen-bond acceptors (Lipinski definition) is 5. The van der Waals surface area contributed by atoms with Gasteiger partial charge in [-0.15, -0.1) is 0 Å². The average molecular weight is 371 g/mol. The minimum atomic E-state index is -1.31. The maximum absolute atomic E-state index is 12.1. The number of nitrogens with one attached hydrogen (secondary N) is 3. The maximum atomic E-state index is 12.1. The second kappa shape index (κ2) is 10.6. The molecule has 0 aromatic heterocycles. The second-order valence-corrected chi connectivity index (χ2v) is 6.72. The van der Waals surface area contributed by atoms with Crippen molar-refractivity contribution in [2.24, 2.45) is 23.3 Å². The summed E-state index contributed by atoms with van der Waals surface area (Å²) in [5, 5.41) is 30.7. The Balaban J connectivity index is 2.87. The van der Waals surface area contributed by atoms with E-state index in [9.17, 15) is 19.5 Å². The van der Waals surface area contributed by atoms with Crippen LogP contribution in [0.4, 0.5) is 0 Å². The van der Waals surface area contributed by atoms with Gasteiger partial charge >= 0.3 is 11.9 Å². The molecule has 1 unspecified atom stereocenters. The normalized spacial score (nSPS) is 18.3. The first-order chi connectivity index (χ1) is 12.2. The van der Waals surface area contributed by atoms with Crippen LogP contribution in [0.15, 0.2) is 0 Å². The molecule has 1 aliphatic carbocycles. The number of guanidine groups is 1. The molecule has 26 heavy (non-hydrogen) atoms. The first-order valence-electron chi connectivity index (χ1n) is 8.80. The Morgan fingerprint density at radius 2 is 1.77 bits per heavy atom. The number of aliphatic carboxylic acids is 2. The molecule has 1 aliphatic rings. The lowest BCUT2D eigenvalue weighted by molar-refractivity contribution is -0.145. The number of carbonyl (C=O) groups is 3. The van der Waals surface area contributed by atoms with E-state index in [4.69, 9.17) is 22.0 Å². The first-order valence-corrected chi connectivity index (χ1v) is 8.80. The van der Waals surface area contributed by atoms with E-state index in [1.807, 2.05) is 0 Å². The lowest BCUT2D eigenvalue weighted by Gasteiger charge is -2.35. The van der Waals surface area contributed by atoms with Crippen LogP contribution in [0.5, 0.6) is 0 Å². The molecule has 0 spiro atoms. The van der Waals surface area contributed by atoms with Gasteiger partial charge in [-0.3, -0.25) is 15.0 Å². The van der Waals surface area contributed by atoms with Gasteiger partial charge in [-0.2, -0.15) is 0 Å². The molecule has 0 aromatic carbocycles. The Morgan fingerprint density at radius 1 is 1.15 bits per heavy atom. The van der Waals surface area contributed by atoms with Crippen molar-refractivity contribution in [1.82, 2.24) is 10.6 Å². The van der Waals surface area contributed by atoms with Crippen LogP contribution in [-0.2, 0) is 14.4 Å². The van der Waals surface area contributed by atoms with Crippen molar-refractivity contribution >= 4 is 23.8 Å². The summed E-state index contributed by atoms with van der Waals surface area (Å²) < 4.78 is 0. The van der Waals surface area contributed by atoms with Crippen LogP contribution in [0.3, 0.4) is 0 Å². The van der Waals surface area contributed by atoms with Crippen molar-refractivity contribution in [1.29, 1.82) is 5.41 Å². The minimum absolute atomic E-state index is 0.120. The Kier molecular flexibility index (Phi) is 8.83. The number of carbonyl (C=O) groups excluding carboxylic acids is 1. The van der Waals surface area contributed by atoms with Crippen molar-refractivity contribution in [3.63, 3.8) is 0 Å². The van der Waals surface area contributed by atoms with Crippen LogP contribution in [0, 0.1) is 17.2 Å². The van der Waals surface area contributed by atoms with Crippen LogP contribution in [0.1, 0.15) is 44.9 Å². The van der Waals surface area contributed by atoms with E-state index in [1.165, 1.54) is 0 Å². The van der Waals surface area contributed by atoms with E-state index < -0.39 is 36.4 Å². The molecule has 10 nitrogen and oxygen atoms in total. The zero-order chi connectivity index (χ0) is 19.7. The molecule has 0 aromatic rings. The molecule has 148 valence electrons. The molecule has 1 fully saturated rings. The number of rotatable bonds is 10. The Hall–Kier alpha value is -2.36. The Labute approximate surface area is 152 Å². The third-order valence-corrected chi connectivity index (χ3v) is 4.77. The smallest absolute Gasteiger partial charge is 0.326 e. The van der Waals surface area contributed by atoms with Crippen molar-refractivity contribution in [2.75, 3.05) is 6.54 Å². The molecule has 10 heteroatoms. The van der Waals surface area contributed by atoms with E-state index in [1.54, 1.807) is 0 Å². The molecular formula is C16H29N5O5. The molecular weight excluding hydrogens is 342 g/mol. The number of carboxylic acid groups (broad SMARTS) is 2. The highest BCUT2D eigenvalue weighted by molar-refractivity contribution is 5.89. The Bertz CT molecular complexity index is 521. The SMILES string of the molecule is N=C(N)NCCC(C1CCCCC1)[C@H](NC(=O)[C@@H](N)CC(=O)O)C(=O)O. The summed E-state index contributed by atoms with van der Waals surface area (Å²) >= 11 is 0. The van der Waals surface area contributed by atoms with Gasteiger partial charge in [-0.05, 0) is 18.3 Å². The van der Waals surface area contributed by atoms with Gasteiger partial charge in [0.15, 0.2) is 5.96 Å². The minimum Gasteiger partial charge on any atom is -0.481 e. The fraction of sp³-hybridized carbons (Fsp3) is 0.750. The molecule has 0 saturated heterocycles. The quantitative estimate of drug-likeness (QED) is 0.196. The van der Waals surface area contributed by atoms with E-state index >= 15 is 0 Å². The molecule has 0 aliphatic heterocycles. The van der Waals surface area contributed by atoms with Gasteiger partial charge in [0.1, 0.15) is 6.04 Å². The van der Waals surface area contributed by atoms with Gasteiger partial charge in [0.25, 0.3) is 0 Å². The summed E-state index contributed by atoms with van der Waals surface area (Å²) in [6.07, 6.45) is 4.67. The highest BCUT2D eigenvalue weighted by Crippen LogP contribution is 2.33. The third-order valence-electron chi connectivity index (χ3n) is 4.77. The molecule has 0 heterocycles. The monoisotopic (exact) mass is 371 g/mol. The summed E-state index contributed by atoms with van der Waals surface area (Å²) in [5.74, 6) is -3.64. The first kappa shape index (κ1) is 21.7. The van der Waals surface area contributed by atoms with Gasteiger partial charge in [-0.25, -0.2) is 4.79 Å². The highest BCUT2D eigenvalue weighted by atomic mass is 16.4. The van der Waals surface area contributed by atoms with Crippen LogP contribution < -0.4 is 22.1 Å². The van der Waals surface area contributed by atoms with Gasteiger partial charge in [0.05, 0.1) is 12.5 Å². The molecule has 1 rings (SSSR count). The molecule has 0 radical (unpaired) electrons. The highest BCUT2D eigenvalue weighted by Gasteiger charge is 2.36. The van der Waals surface area contributed by atoms with E-state index in [0.29, 0.717) is 13.0 Å². The topological polar surface area (TPSA) is 192 Å². The van der Waals surface area contributed by atoms with Gasteiger partial charge < -0.3 is 32.3 Å². The van der Waals surface area contributed by atoms with E-state index in [0.717, 1.165) is 32.1 Å². The molecule has 3 atom stereocenters.